The van der Waals surface area contributed by atoms with Crippen molar-refractivity contribution in [2.75, 3.05) is 24.9 Å². The van der Waals surface area contributed by atoms with Gasteiger partial charge < -0.3 is 9.47 Å². The summed E-state index contributed by atoms with van der Waals surface area (Å²) in [4.78, 5) is 41.5. The van der Waals surface area contributed by atoms with Gasteiger partial charge in [0.1, 0.15) is 6.42 Å². The van der Waals surface area contributed by atoms with E-state index >= 15 is 0 Å². The molecule has 0 N–H and O–H groups in total. The smallest absolute Gasteiger partial charge is 0.340 e. The van der Waals surface area contributed by atoms with Gasteiger partial charge in [0.05, 0.1) is 31.1 Å². The molecule has 7 nitrogen and oxygen atoms in total. The lowest BCUT2D eigenvalue weighted by molar-refractivity contribution is -0.147. The van der Waals surface area contributed by atoms with Crippen LogP contribution in [0.2, 0.25) is 0 Å². The Labute approximate surface area is 141 Å². The number of carbonyl (C=O) groups is 3. The topological polar surface area (TPSA) is 82.1 Å². The molecule has 0 aliphatic rings. The number of para-hydroxylation sites is 1. The van der Waals surface area contributed by atoms with Crippen LogP contribution in [0.25, 0.3) is 0 Å². The monoisotopic (exact) mass is 337 g/mol. The second-order valence-electron chi connectivity index (χ2n) is 4.74. The Kier molecular flexibility index (Phi) is 8.49. The quantitative estimate of drug-likeness (QED) is 0.391. The van der Waals surface area contributed by atoms with Gasteiger partial charge in [0.2, 0.25) is 0 Å². The van der Waals surface area contributed by atoms with Gasteiger partial charge in [-0.15, -0.1) is 0 Å². The summed E-state index contributed by atoms with van der Waals surface area (Å²) in [5.41, 5.74) is 0.423. The average molecular weight is 337 g/mol. The molecule has 1 rings (SSSR count). The summed E-state index contributed by atoms with van der Waals surface area (Å²) in [5.74, 6) is -1.83. The molecule has 0 spiro atoms. The van der Waals surface area contributed by atoms with Crippen molar-refractivity contribution in [3.63, 3.8) is 0 Å². The lowest BCUT2D eigenvalue weighted by Gasteiger charge is -2.23. The average Bonchev–Trinajstić information content (AvgIpc) is 2.56. The number of hydroxylamine groups is 1. The van der Waals surface area contributed by atoms with Crippen LogP contribution in [-0.4, -0.2) is 37.7 Å². The van der Waals surface area contributed by atoms with Crippen LogP contribution in [0.4, 0.5) is 5.69 Å². The Balaban J connectivity index is 3.09. The molecule has 7 heteroatoms. The molecule has 132 valence electrons. The Bertz CT molecular complexity index is 572. The maximum Gasteiger partial charge on any atom is 0.340 e. The number of carbonyl (C=O) groups excluding carboxylic acids is 3. The van der Waals surface area contributed by atoms with Crippen LogP contribution in [0.15, 0.2) is 24.3 Å². The third kappa shape index (κ3) is 5.66. The van der Waals surface area contributed by atoms with E-state index in [1.807, 2.05) is 6.92 Å². The van der Waals surface area contributed by atoms with Gasteiger partial charge in [-0.05, 0) is 32.4 Å². The van der Waals surface area contributed by atoms with Gasteiger partial charge in [-0.25, -0.2) is 4.79 Å². The highest BCUT2D eigenvalue weighted by Gasteiger charge is 2.25. The van der Waals surface area contributed by atoms with E-state index in [0.29, 0.717) is 6.42 Å². The summed E-state index contributed by atoms with van der Waals surface area (Å²) < 4.78 is 9.78. The molecule has 0 radical (unpaired) electrons. The van der Waals surface area contributed by atoms with Gasteiger partial charge in [-0.2, -0.15) is 5.06 Å². The molecular formula is C17H23NO6. The predicted octanol–water partition coefficient (Wildman–Crippen LogP) is 2.49. The van der Waals surface area contributed by atoms with Gasteiger partial charge >= 0.3 is 11.9 Å². The number of nitrogens with zero attached hydrogens (tertiary/aromatic N) is 1. The molecule has 0 saturated carbocycles. The largest absolute Gasteiger partial charge is 0.466 e. The number of amides is 1. The second kappa shape index (κ2) is 10.4. The predicted molar refractivity (Wildman–Crippen MR) is 87.4 cm³/mol. The third-order valence-electron chi connectivity index (χ3n) is 2.87. The molecule has 0 fully saturated rings. The Morgan fingerprint density at radius 2 is 1.67 bits per heavy atom. The lowest BCUT2D eigenvalue weighted by atomic mass is 10.1. The first-order valence-corrected chi connectivity index (χ1v) is 7.92. The van der Waals surface area contributed by atoms with E-state index in [4.69, 9.17) is 14.3 Å². The van der Waals surface area contributed by atoms with Crippen LogP contribution >= 0.6 is 0 Å². The van der Waals surface area contributed by atoms with E-state index in [1.54, 1.807) is 32.0 Å². The molecule has 0 saturated heterocycles. The molecule has 24 heavy (non-hydrogen) atoms. The number of hydrogen-bond acceptors (Lipinski definition) is 6. The highest BCUT2D eigenvalue weighted by Crippen LogP contribution is 2.23. The van der Waals surface area contributed by atoms with Crippen molar-refractivity contribution in [2.24, 2.45) is 0 Å². The van der Waals surface area contributed by atoms with Crippen LogP contribution in [0, 0.1) is 0 Å². The number of hydrogen-bond donors (Lipinski definition) is 0. The molecule has 0 heterocycles. The van der Waals surface area contributed by atoms with E-state index in [-0.39, 0.29) is 31.1 Å². The van der Waals surface area contributed by atoms with Gasteiger partial charge in [0, 0.05) is 0 Å². The molecule has 0 bridgehead atoms. The molecule has 1 aromatic carbocycles. The first kappa shape index (κ1) is 19.6. The third-order valence-corrected chi connectivity index (χ3v) is 2.87. The second-order valence-corrected chi connectivity index (χ2v) is 4.74. The first-order chi connectivity index (χ1) is 11.5. The fourth-order valence-corrected chi connectivity index (χ4v) is 1.90. The zero-order chi connectivity index (χ0) is 17.9. The number of ether oxygens (including phenoxy) is 2. The van der Waals surface area contributed by atoms with E-state index in [2.05, 4.69) is 0 Å². The summed E-state index contributed by atoms with van der Waals surface area (Å²) >= 11 is 0. The molecule has 1 amide bonds. The maximum atomic E-state index is 12.4. The van der Waals surface area contributed by atoms with E-state index < -0.39 is 24.3 Å². The minimum absolute atomic E-state index is 0.182. The normalized spacial score (nSPS) is 10.1. The van der Waals surface area contributed by atoms with E-state index in [9.17, 15) is 14.4 Å². The van der Waals surface area contributed by atoms with Crippen molar-refractivity contribution in [1.82, 2.24) is 0 Å². The highest BCUT2D eigenvalue weighted by molar-refractivity contribution is 6.06. The van der Waals surface area contributed by atoms with Crippen molar-refractivity contribution in [2.45, 2.75) is 33.6 Å². The molecule has 0 atom stereocenters. The zero-order valence-electron chi connectivity index (χ0n) is 14.2. The maximum absolute atomic E-state index is 12.4. The van der Waals surface area contributed by atoms with Gasteiger partial charge in [-0.1, -0.05) is 19.1 Å². The van der Waals surface area contributed by atoms with E-state index in [0.717, 1.165) is 5.06 Å². The number of rotatable bonds is 9. The van der Waals surface area contributed by atoms with Gasteiger partial charge in [0.15, 0.2) is 0 Å². The van der Waals surface area contributed by atoms with Crippen molar-refractivity contribution in [1.29, 1.82) is 0 Å². The van der Waals surface area contributed by atoms with Gasteiger partial charge in [-0.3, -0.25) is 14.4 Å². The van der Waals surface area contributed by atoms with Gasteiger partial charge in [0.25, 0.3) is 5.91 Å². The molecule has 0 aliphatic heterocycles. The van der Waals surface area contributed by atoms with Crippen molar-refractivity contribution >= 4 is 23.5 Å². The standard InChI is InChI=1S/C17H23NO6/c1-4-11-24-18(15(19)12-16(20)22-5-2)14-10-8-7-9-13(14)17(21)23-6-3/h7-10H,4-6,11-12H2,1-3H3. The van der Waals surface area contributed by atoms with Crippen molar-refractivity contribution in [3.05, 3.63) is 29.8 Å². The number of benzene rings is 1. The van der Waals surface area contributed by atoms with Crippen LogP contribution in [0.1, 0.15) is 44.0 Å². The van der Waals surface area contributed by atoms with Crippen molar-refractivity contribution in [3.8, 4) is 0 Å². The lowest BCUT2D eigenvalue weighted by Crippen LogP contribution is -2.34. The van der Waals surface area contributed by atoms with Crippen LogP contribution in [0.3, 0.4) is 0 Å². The molecule has 1 aromatic rings. The Morgan fingerprint density at radius 3 is 2.29 bits per heavy atom. The fourth-order valence-electron chi connectivity index (χ4n) is 1.90. The minimum atomic E-state index is -0.652. The van der Waals surface area contributed by atoms with Crippen LogP contribution in [0.5, 0.6) is 0 Å². The van der Waals surface area contributed by atoms with Crippen LogP contribution in [-0.2, 0) is 23.9 Å². The zero-order valence-corrected chi connectivity index (χ0v) is 14.2. The minimum Gasteiger partial charge on any atom is -0.466 e. The summed E-state index contributed by atoms with van der Waals surface area (Å²) in [6.45, 7) is 5.87. The van der Waals surface area contributed by atoms with E-state index in [1.165, 1.54) is 6.07 Å². The molecule has 0 unspecified atom stereocenters. The number of anilines is 1. The Morgan fingerprint density at radius 1 is 1.00 bits per heavy atom. The Hall–Kier alpha value is -2.41. The highest BCUT2D eigenvalue weighted by atomic mass is 16.7. The fraction of sp³-hybridized carbons (Fsp3) is 0.471. The summed E-state index contributed by atoms with van der Waals surface area (Å²) in [5, 5.41) is 0.965. The first-order valence-electron chi connectivity index (χ1n) is 7.92. The summed E-state index contributed by atoms with van der Waals surface area (Å²) in [7, 11) is 0. The molecule has 0 aromatic heterocycles. The summed E-state index contributed by atoms with van der Waals surface area (Å²) in [6, 6.07) is 6.42. The molecule has 0 aliphatic carbocycles. The number of esters is 2. The SMILES string of the molecule is CCCON(C(=O)CC(=O)OCC)c1ccccc1C(=O)OCC. The summed E-state index contributed by atoms with van der Waals surface area (Å²) in [6.07, 6.45) is 0.180. The van der Waals surface area contributed by atoms with Crippen LogP contribution < -0.4 is 5.06 Å². The molecular weight excluding hydrogens is 314 g/mol. The van der Waals surface area contributed by atoms with Crippen molar-refractivity contribution < 1.29 is 28.7 Å².